The minimum atomic E-state index is -3.92. The number of amides is 1. The minimum absolute atomic E-state index is 0.0447. The van der Waals surface area contributed by atoms with Gasteiger partial charge in [0.1, 0.15) is 22.3 Å². The van der Waals surface area contributed by atoms with Crippen LogP contribution in [-0.2, 0) is 14.6 Å². The number of ether oxygens (including phenoxy) is 1. The molecular weight excluding hydrogens is 420 g/mol. The van der Waals surface area contributed by atoms with E-state index < -0.39 is 33.3 Å². The van der Waals surface area contributed by atoms with Gasteiger partial charge in [0.05, 0.1) is 17.7 Å². The van der Waals surface area contributed by atoms with E-state index in [1.165, 1.54) is 42.8 Å². The van der Waals surface area contributed by atoms with Crippen LogP contribution in [0, 0.1) is 11.6 Å². The fourth-order valence-electron chi connectivity index (χ4n) is 3.32. The van der Waals surface area contributed by atoms with Crippen molar-refractivity contribution in [3.8, 4) is 5.75 Å². The van der Waals surface area contributed by atoms with Gasteiger partial charge >= 0.3 is 0 Å². The Hall–Kier alpha value is -2.78. The number of nitrogens with one attached hydrogen (secondary N) is 1. The molecule has 1 aliphatic rings. The number of halogens is 2. The normalized spacial score (nSPS) is 16.2. The summed E-state index contributed by atoms with van der Waals surface area (Å²) in [6.07, 6.45) is -0.0575. The van der Waals surface area contributed by atoms with Gasteiger partial charge in [-0.2, -0.15) is 0 Å². The summed E-state index contributed by atoms with van der Waals surface area (Å²) >= 11 is 1.12. The first-order valence-corrected chi connectivity index (χ1v) is 10.9. The molecule has 3 aromatic rings. The van der Waals surface area contributed by atoms with Gasteiger partial charge in [0, 0.05) is 28.7 Å². The molecule has 2 heterocycles. The smallest absolute Gasteiger partial charge is 0.225 e. The van der Waals surface area contributed by atoms with Crippen LogP contribution in [0.15, 0.2) is 57.6 Å². The van der Waals surface area contributed by atoms with Gasteiger partial charge in [-0.25, -0.2) is 17.2 Å². The van der Waals surface area contributed by atoms with E-state index in [9.17, 15) is 22.0 Å². The first-order chi connectivity index (χ1) is 13.8. The molecule has 2 aromatic carbocycles. The van der Waals surface area contributed by atoms with Gasteiger partial charge in [-0.15, -0.1) is 11.3 Å². The lowest BCUT2D eigenvalue weighted by Crippen LogP contribution is -2.24. The fraction of sp³-hybridized carbons (Fsp3) is 0.150. The van der Waals surface area contributed by atoms with E-state index in [-0.39, 0.29) is 27.5 Å². The summed E-state index contributed by atoms with van der Waals surface area (Å²) in [6.45, 7) is 0. The second kappa shape index (κ2) is 7.23. The number of anilines is 1. The second-order valence-electron chi connectivity index (χ2n) is 6.49. The summed E-state index contributed by atoms with van der Waals surface area (Å²) in [7, 11) is -2.45. The summed E-state index contributed by atoms with van der Waals surface area (Å²) in [5.41, 5.74) is 0.300. The summed E-state index contributed by atoms with van der Waals surface area (Å²) in [4.78, 5) is 12.8. The maximum absolute atomic E-state index is 14.3. The molecule has 5 nitrogen and oxygen atoms in total. The molecule has 0 fully saturated rings. The van der Waals surface area contributed by atoms with Crippen molar-refractivity contribution in [1.29, 1.82) is 0 Å². The van der Waals surface area contributed by atoms with Gasteiger partial charge in [-0.05, 0) is 35.9 Å². The topological polar surface area (TPSA) is 72.5 Å². The zero-order valence-corrected chi connectivity index (χ0v) is 16.7. The van der Waals surface area contributed by atoms with Crippen molar-refractivity contribution in [2.75, 3.05) is 12.4 Å². The van der Waals surface area contributed by atoms with E-state index in [4.69, 9.17) is 4.74 Å². The molecule has 0 saturated heterocycles. The summed E-state index contributed by atoms with van der Waals surface area (Å²) in [6, 6.07) is 9.05. The lowest BCUT2D eigenvalue weighted by molar-refractivity contribution is -0.116. The second-order valence-corrected chi connectivity index (χ2v) is 9.32. The Morgan fingerprint density at radius 2 is 1.86 bits per heavy atom. The van der Waals surface area contributed by atoms with Gasteiger partial charge in [0.25, 0.3) is 0 Å². The number of methoxy groups -OCH3 is 1. The molecule has 4 rings (SSSR count). The van der Waals surface area contributed by atoms with Crippen molar-refractivity contribution in [3.63, 3.8) is 0 Å². The Labute approximate surface area is 169 Å². The molecule has 0 radical (unpaired) electrons. The van der Waals surface area contributed by atoms with Crippen LogP contribution in [0.3, 0.4) is 0 Å². The third-order valence-corrected chi connectivity index (χ3v) is 7.79. The lowest BCUT2D eigenvalue weighted by Gasteiger charge is -2.24. The number of sulfone groups is 1. The number of fused-ring (bicyclic) bond motifs is 1. The van der Waals surface area contributed by atoms with E-state index in [1.54, 1.807) is 0 Å². The Kier molecular flexibility index (Phi) is 4.87. The Balaban J connectivity index is 1.81. The van der Waals surface area contributed by atoms with Crippen LogP contribution >= 0.6 is 11.3 Å². The SMILES string of the molecule is COc1ccc(S(=O)(=O)c2csc3c2NC(=O)C[C@@H]3c2ccc(F)cc2F)cc1. The average molecular weight is 435 g/mol. The molecule has 1 aliphatic heterocycles. The van der Waals surface area contributed by atoms with Crippen molar-refractivity contribution in [2.45, 2.75) is 22.1 Å². The van der Waals surface area contributed by atoms with Crippen LogP contribution in [0.5, 0.6) is 5.75 Å². The van der Waals surface area contributed by atoms with E-state index in [2.05, 4.69) is 5.32 Å². The van der Waals surface area contributed by atoms with E-state index >= 15 is 0 Å². The van der Waals surface area contributed by atoms with Crippen molar-refractivity contribution in [1.82, 2.24) is 0 Å². The number of benzene rings is 2. The first kappa shape index (κ1) is 19.5. The zero-order chi connectivity index (χ0) is 20.8. The highest BCUT2D eigenvalue weighted by atomic mass is 32.2. The van der Waals surface area contributed by atoms with Crippen molar-refractivity contribution < 1.29 is 26.7 Å². The average Bonchev–Trinajstić information content (AvgIpc) is 3.12. The standard InChI is InChI=1S/C20H15F2NO4S2/c1-27-12-3-5-13(6-4-12)29(25,26)17-10-28-20-15(9-18(24)23-19(17)20)14-7-2-11(21)8-16(14)22/h2-8,10,15H,9H2,1H3,(H,23,24)/t15-/m1/s1. The van der Waals surface area contributed by atoms with Crippen LogP contribution < -0.4 is 10.1 Å². The summed E-state index contributed by atoms with van der Waals surface area (Å²) < 4.78 is 58.9. The molecule has 150 valence electrons. The number of carbonyl (C=O) groups excluding carboxylic acids is 1. The molecular formula is C20H15F2NO4S2. The molecule has 1 atom stereocenters. The van der Waals surface area contributed by atoms with Gasteiger partial charge in [0.15, 0.2) is 0 Å². The van der Waals surface area contributed by atoms with Crippen LogP contribution in [0.4, 0.5) is 14.5 Å². The molecule has 1 amide bonds. The van der Waals surface area contributed by atoms with Crippen molar-refractivity contribution >= 4 is 32.8 Å². The van der Waals surface area contributed by atoms with E-state index in [1.807, 2.05) is 0 Å². The highest BCUT2D eigenvalue weighted by Gasteiger charge is 2.35. The van der Waals surface area contributed by atoms with Gasteiger partial charge < -0.3 is 10.1 Å². The van der Waals surface area contributed by atoms with Crippen molar-refractivity contribution in [2.24, 2.45) is 0 Å². The molecule has 0 saturated carbocycles. The lowest BCUT2D eigenvalue weighted by atomic mass is 9.90. The van der Waals surface area contributed by atoms with Gasteiger partial charge in [-0.1, -0.05) is 6.07 Å². The van der Waals surface area contributed by atoms with Crippen LogP contribution in [0.2, 0.25) is 0 Å². The maximum Gasteiger partial charge on any atom is 0.225 e. The summed E-state index contributed by atoms with van der Waals surface area (Å²) in [5.74, 6) is -2.11. The van der Waals surface area contributed by atoms with E-state index in [0.717, 1.165) is 23.5 Å². The Morgan fingerprint density at radius 3 is 2.52 bits per heavy atom. The number of carbonyl (C=O) groups is 1. The fourth-order valence-corrected chi connectivity index (χ4v) is 6.22. The van der Waals surface area contributed by atoms with Crippen LogP contribution in [0.1, 0.15) is 22.8 Å². The number of thiophene rings is 1. The molecule has 0 unspecified atom stereocenters. The zero-order valence-electron chi connectivity index (χ0n) is 15.1. The highest BCUT2D eigenvalue weighted by molar-refractivity contribution is 7.91. The van der Waals surface area contributed by atoms with Gasteiger partial charge in [0.2, 0.25) is 15.7 Å². The molecule has 0 bridgehead atoms. The minimum Gasteiger partial charge on any atom is -0.497 e. The van der Waals surface area contributed by atoms with Gasteiger partial charge in [-0.3, -0.25) is 4.79 Å². The predicted octanol–water partition coefficient (Wildman–Crippen LogP) is 4.34. The summed E-state index contributed by atoms with van der Waals surface area (Å²) in [5, 5.41) is 4.04. The third-order valence-electron chi connectivity index (χ3n) is 4.75. The molecule has 1 aromatic heterocycles. The van der Waals surface area contributed by atoms with E-state index in [0.29, 0.717) is 10.6 Å². The Morgan fingerprint density at radius 1 is 1.14 bits per heavy atom. The predicted molar refractivity (Wildman–Crippen MR) is 104 cm³/mol. The number of hydrogen-bond acceptors (Lipinski definition) is 5. The largest absolute Gasteiger partial charge is 0.497 e. The molecule has 1 N–H and O–H groups in total. The first-order valence-electron chi connectivity index (χ1n) is 8.56. The monoisotopic (exact) mass is 435 g/mol. The molecule has 0 spiro atoms. The third kappa shape index (κ3) is 3.40. The maximum atomic E-state index is 14.3. The Bertz CT molecular complexity index is 1200. The van der Waals surface area contributed by atoms with Crippen LogP contribution in [-0.4, -0.2) is 21.4 Å². The quantitative estimate of drug-likeness (QED) is 0.662. The van der Waals surface area contributed by atoms with Crippen LogP contribution in [0.25, 0.3) is 0 Å². The molecule has 0 aliphatic carbocycles. The highest BCUT2D eigenvalue weighted by Crippen LogP contribution is 2.46. The molecule has 29 heavy (non-hydrogen) atoms. The molecule has 9 heteroatoms. The number of rotatable bonds is 4. The van der Waals surface area contributed by atoms with Crippen molar-refractivity contribution in [3.05, 3.63) is 69.9 Å². The number of hydrogen-bond donors (Lipinski definition) is 1.